The van der Waals surface area contributed by atoms with E-state index in [0.717, 1.165) is 11.8 Å². The van der Waals surface area contributed by atoms with Crippen LogP contribution in [0.3, 0.4) is 0 Å². The van der Waals surface area contributed by atoms with Gasteiger partial charge in [0.15, 0.2) is 0 Å². The largest absolute Gasteiger partial charge is 0.487 e. The fourth-order valence-electron chi connectivity index (χ4n) is 3.54. The van der Waals surface area contributed by atoms with Crippen LogP contribution in [0.25, 0.3) is 0 Å². The van der Waals surface area contributed by atoms with Crippen molar-refractivity contribution in [2.45, 2.75) is 25.1 Å². The van der Waals surface area contributed by atoms with Crippen molar-refractivity contribution in [1.29, 1.82) is 0 Å². The van der Waals surface area contributed by atoms with Gasteiger partial charge >= 0.3 is 0 Å². The van der Waals surface area contributed by atoms with Gasteiger partial charge in [-0.1, -0.05) is 18.2 Å². The van der Waals surface area contributed by atoms with Crippen molar-refractivity contribution < 1.29 is 17.9 Å². The SMILES string of the molecule is CS(=O)(=O)N1C[C@@H]2C[C@H]1C(=O)N(Cc1cccnc1)c1ccccc1O2. The summed E-state index contributed by atoms with van der Waals surface area (Å²) in [4.78, 5) is 19.0. The van der Waals surface area contributed by atoms with Gasteiger partial charge in [0.2, 0.25) is 15.9 Å². The van der Waals surface area contributed by atoms with Crippen LogP contribution in [0.1, 0.15) is 12.0 Å². The van der Waals surface area contributed by atoms with Crippen LogP contribution < -0.4 is 9.64 Å². The van der Waals surface area contributed by atoms with Gasteiger partial charge in [0.05, 0.1) is 25.0 Å². The van der Waals surface area contributed by atoms with Gasteiger partial charge in [-0.2, -0.15) is 4.31 Å². The number of carbonyl (C=O) groups excluding carboxylic acids is 1. The first-order valence-corrected chi connectivity index (χ1v) is 10.2. The normalized spacial score (nSPS) is 23.1. The van der Waals surface area contributed by atoms with Gasteiger partial charge in [-0.3, -0.25) is 9.78 Å². The molecule has 26 heavy (non-hydrogen) atoms. The van der Waals surface area contributed by atoms with Crippen LogP contribution in [0.2, 0.25) is 0 Å². The van der Waals surface area contributed by atoms with E-state index < -0.39 is 16.1 Å². The van der Waals surface area contributed by atoms with E-state index in [2.05, 4.69) is 4.98 Å². The molecule has 1 fully saturated rings. The van der Waals surface area contributed by atoms with Crippen molar-refractivity contribution in [3.63, 3.8) is 0 Å². The van der Waals surface area contributed by atoms with Gasteiger partial charge in [-0.05, 0) is 23.8 Å². The Labute approximate surface area is 152 Å². The molecule has 1 aromatic carbocycles. The molecule has 8 heteroatoms. The lowest BCUT2D eigenvalue weighted by Crippen LogP contribution is -2.47. The number of benzene rings is 1. The Morgan fingerprint density at radius 2 is 2.04 bits per heavy atom. The number of rotatable bonds is 3. The van der Waals surface area contributed by atoms with E-state index in [1.807, 2.05) is 30.3 Å². The average Bonchev–Trinajstić information content (AvgIpc) is 3.05. The summed E-state index contributed by atoms with van der Waals surface area (Å²) >= 11 is 0. The van der Waals surface area contributed by atoms with E-state index in [0.29, 0.717) is 24.4 Å². The van der Waals surface area contributed by atoms with Crippen molar-refractivity contribution in [1.82, 2.24) is 9.29 Å². The highest BCUT2D eigenvalue weighted by atomic mass is 32.2. The molecule has 0 aliphatic carbocycles. The number of hydrogen-bond donors (Lipinski definition) is 0. The Balaban J connectivity index is 1.79. The van der Waals surface area contributed by atoms with Crippen molar-refractivity contribution in [3.8, 4) is 5.75 Å². The molecular formula is C18H19N3O4S. The number of nitrogens with zero attached hydrogens (tertiary/aromatic N) is 3. The third-order valence-corrected chi connectivity index (χ3v) is 5.96. The van der Waals surface area contributed by atoms with Crippen LogP contribution in [0.15, 0.2) is 48.8 Å². The van der Waals surface area contributed by atoms with Gasteiger partial charge in [0, 0.05) is 18.8 Å². The highest BCUT2D eigenvalue weighted by Gasteiger charge is 2.46. The van der Waals surface area contributed by atoms with E-state index in [1.165, 1.54) is 4.31 Å². The van der Waals surface area contributed by atoms with Crippen molar-refractivity contribution in [2.75, 3.05) is 17.7 Å². The molecule has 0 N–H and O–H groups in total. The van der Waals surface area contributed by atoms with Gasteiger partial charge in [-0.15, -0.1) is 0 Å². The van der Waals surface area contributed by atoms with E-state index in [1.54, 1.807) is 23.4 Å². The van der Waals surface area contributed by atoms with Gasteiger partial charge in [0.1, 0.15) is 17.9 Å². The van der Waals surface area contributed by atoms with Crippen LogP contribution in [-0.4, -0.2) is 48.6 Å². The van der Waals surface area contributed by atoms with Crippen LogP contribution >= 0.6 is 0 Å². The number of fused-ring (bicyclic) bond motifs is 3. The second kappa shape index (κ2) is 6.37. The lowest BCUT2D eigenvalue weighted by Gasteiger charge is -2.31. The molecule has 2 aliphatic rings. The molecule has 0 unspecified atom stereocenters. The Kier molecular flexibility index (Phi) is 4.16. The average molecular weight is 373 g/mol. The number of hydrogen-bond acceptors (Lipinski definition) is 5. The van der Waals surface area contributed by atoms with E-state index in [9.17, 15) is 13.2 Å². The molecule has 3 heterocycles. The van der Waals surface area contributed by atoms with E-state index in [4.69, 9.17) is 4.74 Å². The molecule has 0 spiro atoms. The predicted octanol–water partition coefficient (Wildman–Crippen LogP) is 1.41. The number of sulfonamides is 1. The molecular weight excluding hydrogens is 354 g/mol. The number of carbonyl (C=O) groups is 1. The molecule has 1 aromatic heterocycles. The molecule has 0 saturated carbocycles. The quantitative estimate of drug-likeness (QED) is 0.813. The maximum absolute atomic E-state index is 13.3. The Bertz CT molecular complexity index is 932. The minimum atomic E-state index is -3.51. The zero-order valence-electron chi connectivity index (χ0n) is 14.3. The predicted molar refractivity (Wildman–Crippen MR) is 96.2 cm³/mol. The first-order valence-electron chi connectivity index (χ1n) is 8.36. The van der Waals surface area contributed by atoms with Gasteiger partial charge in [0.25, 0.3) is 0 Å². The fourth-order valence-corrected chi connectivity index (χ4v) is 4.62. The molecule has 2 aliphatic heterocycles. The third-order valence-electron chi connectivity index (χ3n) is 4.71. The van der Waals surface area contributed by atoms with Crippen LogP contribution in [0, 0.1) is 0 Å². The molecule has 2 atom stereocenters. The second-order valence-corrected chi connectivity index (χ2v) is 8.51. The molecule has 7 nitrogen and oxygen atoms in total. The maximum atomic E-state index is 13.3. The monoisotopic (exact) mass is 373 g/mol. The van der Waals surface area contributed by atoms with Crippen LogP contribution in [0.5, 0.6) is 5.75 Å². The van der Waals surface area contributed by atoms with E-state index in [-0.39, 0.29) is 18.6 Å². The summed E-state index contributed by atoms with van der Waals surface area (Å²) in [5.74, 6) is 0.348. The highest BCUT2D eigenvalue weighted by Crippen LogP contribution is 2.37. The summed E-state index contributed by atoms with van der Waals surface area (Å²) in [5, 5.41) is 0. The van der Waals surface area contributed by atoms with Crippen molar-refractivity contribution in [2.24, 2.45) is 0 Å². The van der Waals surface area contributed by atoms with Gasteiger partial charge in [-0.25, -0.2) is 8.42 Å². The smallest absolute Gasteiger partial charge is 0.246 e. The summed E-state index contributed by atoms with van der Waals surface area (Å²) in [7, 11) is -3.51. The molecule has 1 amide bonds. The lowest BCUT2D eigenvalue weighted by atomic mass is 10.1. The van der Waals surface area contributed by atoms with Crippen LogP contribution in [-0.2, 0) is 21.4 Å². The number of pyridine rings is 1. The first-order chi connectivity index (χ1) is 12.4. The molecule has 0 radical (unpaired) electrons. The molecule has 4 rings (SSSR count). The zero-order valence-corrected chi connectivity index (χ0v) is 15.1. The number of aromatic nitrogens is 1. The summed E-state index contributed by atoms with van der Waals surface area (Å²) < 4.78 is 31.7. The van der Waals surface area contributed by atoms with Crippen molar-refractivity contribution >= 4 is 21.6 Å². The fraction of sp³-hybridized carbons (Fsp3) is 0.333. The summed E-state index contributed by atoms with van der Waals surface area (Å²) in [5.41, 5.74) is 1.50. The molecule has 1 saturated heterocycles. The Morgan fingerprint density at radius 1 is 1.23 bits per heavy atom. The summed E-state index contributed by atoms with van der Waals surface area (Å²) in [6.45, 7) is 0.482. The molecule has 2 bridgehead atoms. The lowest BCUT2D eigenvalue weighted by molar-refractivity contribution is -0.122. The minimum absolute atomic E-state index is 0.185. The van der Waals surface area contributed by atoms with Crippen molar-refractivity contribution in [3.05, 3.63) is 54.4 Å². The van der Waals surface area contributed by atoms with Crippen LogP contribution in [0.4, 0.5) is 5.69 Å². The minimum Gasteiger partial charge on any atom is -0.487 e. The molecule has 2 aromatic rings. The van der Waals surface area contributed by atoms with E-state index >= 15 is 0 Å². The third kappa shape index (κ3) is 3.06. The summed E-state index contributed by atoms with van der Waals surface area (Å²) in [6.07, 6.45) is 4.51. The zero-order chi connectivity index (χ0) is 18.3. The Hall–Kier alpha value is -2.45. The second-order valence-electron chi connectivity index (χ2n) is 6.58. The summed E-state index contributed by atoms with van der Waals surface area (Å²) in [6, 6.07) is 10.2. The molecule has 136 valence electrons. The van der Waals surface area contributed by atoms with Gasteiger partial charge < -0.3 is 9.64 Å². The topological polar surface area (TPSA) is 79.8 Å². The Morgan fingerprint density at radius 3 is 2.77 bits per heavy atom. The number of amides is 1. The maximum Gasteiger partial charge on any atom is 0.246 e. The highest BCUT2D eigenvalue weighted by molar-refractivity contribution is 7.88. The first kappa shape index (κ1) is 17.0. The number of ether oxygens (including phenoxy) is 1. The standard InChI is InChI=1S/C18H19N3O4S/c1-26(23,24)21-12-14-9-16(21)18(22)20(11-13-5-4-8-19-10-13)15-6-2-3-7-17(15)25-14/h2-8,10,14,16H,9,11-12H2,1H3/t14-,16-/m0/s1. The number of anilines is 1. The number of para-hydroxylation sites is 2.